The van der Waals surface area contributed by atoms with Gasteiger partial charge in [0.1, 0.15) is 18.6 Å². The Morgan fingerprint density at radius 2 is 1.53 bits per heavy atom. The second-order valence-electron chi connectivity index (χ2n) is 6.67. The van der Waals surface area contributed by atoms with Crippen LogP contribution >= 0.6 is 11.8 Å². The van der Waals surface area contributed by atoms with Crippen molar-refractivity contribution in [3.8, 4) is 0 Å². The van der Waals surface area contributed by atoms with Crippen LogP contribution in [-0.2, 0) is 24.0 Å². The number of nitrogens with one attached hydrogen (secondary N) is 3. The number of aliphatic carboxylic acids is 2. The molecule has 14 nitrogen and oxygen atoms in total. The topological polar surface area (TPSA) is 252 Å². The van der Waals surface area contributed by atoms with Crippen molar-refractivity contribution >= 4 is 47.4 Å². The molecule has 15 heteroatoms. The molecule has 0 heterocycles. The van der Waals surface area contributed by atoms with E-state index in [9.17, 15) is 24.0 Å². The maximum atomic E-state index is 12.8. The first-order valence-electron chi connectivity index (χ1n) is 9.59. The summed E-state index contributed by atoms with van der Waals surface area (Å²) in [6, 6.07) is -3.58. The predicted octanol–water partition coefficient (Wildman–Crippen LogP) is -3.23. The maximum absolute atomic E-state index is 12.8. The van der Waals surface area contributed by atoms with E-state index in [4.69, 9.17) is 27.4 Å². The highest BCUT2D eigenvalue weighted by molar-refractivity contribution is 7.98. The number of nitrogens with zero attached hydrogens (tertiary/aromatic N) is 1. The summed E-state index contributed by atoms with van der Waals surface area (Å²) in [4.78, 5) is 62.5. The molecule has 32 heavy (non-hydrogen) atoms. The third-order valence-electron chi connectivity index (χ3n) is 3.97. The molecule has 3 amide bonds. The number of nitrogens with two attached hydrogens (primary N) is 3. The van der Waals surface area contributed by atoms with E-state index in [1.807, 2.05) is 0 Å². The highest BCUT2D eigenvalue weighted by atomic mass is 32.2. The van der Waals surface area contributed by atoms with Gasteiger partial charge in [-0.05, 0) is 31.3 Å². The zero-order valence-electron chi connectivity index (χ0n) is 17.7. The second-order valence-corrected chi connectivity index (χ2v) is 7.65. The minimum atomic E-state index is -1.38. The minimum Gasteiger partial charge on any atom is -0.481 e. The molecule has 0 aromatic heterocycles. The van der Waals surface area contributed by atoms with E-state index in [0.29, 0.717) is 5.75 Å². The predicted molar refractivity (Wildman–Crippen MR) is 118 cm³/mol. The van der Waals surface area contributed by atoms with Crippen molar-refractivity contribution in [3.63, 3.8) is 0 Å². The average Bonchev–Trinajstić information content (AvgIpc) is 2.70. The molecule has 0 bridgehead atoms. The third kappa shape index (κ3) is 13.3. The van der Waals surface area contributed by atoms with Crippen LogP contribution in [0, 0.1) is 0 Å². The van der Waals surface area contributed by atoms with Gasteiger partial charge in [0.05, 0.1) is 12.5 Å². The standard InChI is InChI=1S/C17H31N7O7S/c1-32-6-4-11(15(30)22-8-13(27)28)24-16(31)10(3-2-5-21-17(19)20)23-14(29)9(18)7-12(25)26/h9-11H,2-8,18H2,1H3,(H,22,30)(H,23,29)(H,24,31)(H,25,26)(H,27,28)(H4,19,20,21). The lowest BCUT2D eigenvalue weighted by Gasteiger charge is -2.23. The van der Waals surface area contributed by atoms with Crippen LogP contribution in [0.3, 0.4) is 0 Å². The third-order valence-corrected chi connectivity index (χ3v) is 4.61. The van der Waals surface area contributed by atoms with E-state index in [1.165, 1.54) is 11.8 Å². The average molecular weight is 478 g/mol. The van der Waals surface area contributed by atoms with Gasteiger partial charge in [0.15, 0.2) is 5.96 Å². The van der Waals surface area contributed by atoms with Crippen LogP contribution < -0.4 is 33.2 Å². The number of guanidine groups is 1. The molecule has 0 radical (unpaired) electrons. The molecule has 3 unspecified atom stereocenters. The van der Waals surface area contributed by atoms with Crippen LogP contribution in [0.1, 0.15) is 25.7 Å². The summed E-state index contributed by atoms with van der Waals surface area (Å²) in [6.45, 7) is -0.453. The molecule has 0 aromatic carbocycles. The first-order chi connectivity index (χ1) is 15.0. The van der Waals surface area contributed by atoms with Crippen LogP contribution in [0.25, 0.3) is 0 Å². The van der Waals surface area contributed by atoms with Crippen LogP contribution in [0.15, 0.2) is 4.99 Å². The lowest BCUT2D eigenvalue weighted by molar-refractivity contribution is -0.139. The molecule has 0 aliphatic heterocycles. The Hall–Kier alpha value is -3.07. The molecule has 0 saturated heterocycles. The summed E-state index contributed by atoms with van der Waals surface area (Å²) in [5.74, 6) is -4.45. The normalized spacial score (nSPS) is 13.2. The molecular formula is C17H31N7O7S. The lowest BCUT2D eigenvalue weighted by Crippen LogP contribution is -2.56. The Balaban J connectivity index is 5.32. The van der Waals surface area contributed by atoms with Gasteiger partial charge in [-0.2, -0.15) is 11.8 Å². The molecule has 0 saturated carbocycles. The summed E-state index contributed by atoms with van der Waals surface area (Å²) in [5.41, 5.74) is 16.0. The van der Waals surface area contributed by atoms with Crippen LogP contribution in [0.4, 0.5) is 0 Å². The second kappa shape index (κ2) is 15.7. The highest BCUT2D eigenvalue weighted by Crippen LogP contribution is 2.05. The van der Waals surface area contributed by atoms with E-state index >= 15 is 0 Å². The minimum absolute atomic E-state index is 0.0696. The molecule has 182 valence electrons. The van der Waals surface area contributed by atoms with Gasteiger partial charge in [-0.1, -0.05) is 0 Å². The SMILES string of the molecule is CSCCC(NC(=O)C(CCCN=C(N)N)NC(=O)C(N)CC(=O)O)C(=O)NCC(=O)O. The molecular weight excluding hydrogens is 446 g/mol. The highest BCUT2D eigenvalue weighted by Gasteiger charge is 2.28. The summed E-state index contributed by atoms with van der Waals surface area (Å²) >= 11 is 1.42. The van der Waals surface area contributed by atoms with Crippen LogP contribution in [0.5, 0.6) is 0 Å². The molecule has 0 aliphatic rings. The Morgan fingerprint density at radius 3 is 2.06 bits per heavy atom. The molecule has 0 aliphatic carbocycles. The van der Waals surface area contributed by atoms with E-state index in [2.05, 4.69) is 20.9 Å². The van der Waals surface area contributed by atoms with Gasteiger partial charge in [-0.25, -0.2) is 0 Å². The molecule has 3 atom stereocenters. The van der Waals surface area contributed by atoms with Gasteiger partial charge in [-0.15, -0.1) is 0 Å². The fourth-order valence-electron chi connectivity index (χ4n) is 2.39. The summed E-state index contributed by atoms with van der Waals surface area (Å²) < 4.78 is 0. The number of carboxylic acid groups (broad SMARTS) is 2. The van der Waals surface area contributed by atoms with Crippen LogP contribution in [0.2, 0.25) is 0 Å². The smallest absolute Gasteiger partial charge is 0.322 e. The monoisotopic (exact) mass is 477 g/mol. The molecule has 0 fully saturated rings. The lowest BCUT2D eigenvalue weighted by atomic mass is 10.1. The van der Waals surface area contributed by atoms with Gasteiger partial charge in [0.25, 0.3) is 0 Å². The largest absolute Gasteiger partial charge is 0.481 e. The Kier molecular flexibility index (Phi) is 14.2. The Labute approximate surface area is 189 Å². The first-order valence-corrected chi connectivity index (χ1v) is 11.0. The molecule has 0 aromatic rings. The number of amides is 3. The number of hydrogen-bond acceptors (Lipinski definition) is 8. The van der Waals surface area contributed by atoms with E-state index < -0.39 is 60.8 Å². The van der Waals surface area contributed by atoms with Crippen molar-refractivity contribution in [1.82, 2.24) is 16.0 Å². The van der Waals surface area contributed by atoms with Gasteiger partial charge in [0, 0.05) is 6.54 Å². The number of carbonyl (C=O) groups excluding carboxylic acids is 3. The summed E-state index contributed by atoms with van der Waals surface area (Å²) in [7, 11) is 0. The van der Waals surface area contributed by atoms with E-state index in [0.717, 1.165) is 0 Å². The van der Waals surface area contributed by atoms with Gasteiger partial charge in [0.2, 0.25) is 17.7 Å². The number of carbonyl (C=O) groups is 5. The van der Waals surface area contributed by atoms with Crippen molar-refractivity contribution in [2.75, 3.05) is 25.1 Å². The number of hydrogen-bond donors (Lipinski definition) is 8. The fourth-order valence-corrected chi connectivity index (χ4v) is 2.87. The first kappa shape index (κ1) is 28.9. The Morgan fingerprint density at radius 1 is 0.938 bits per heavy atom. The fraction of sp³-hybridized carbons (Fsp3) is 0.647. The van der Waals surface area contributed by atoms with Gasteiger partial charge < -0.3 is 43.4 Å². The number of aliphatic imine (C=N–C) groups is 1. The van der Waals surface area contributed by atoms with Crippen molar-refractivity contribution in [2.24, 2.45) is 22.2 Å². The van der Waals surface area contributed by atoms with Crippen LogP contribution in [-0.4, -0.2) is 89.1 Å². The number of rotatable bonds is 16. The van der Waals surface area contributed by atoms with E-state index in [-0.39, 0.29) is 31.8 Å². The van der Waals surface area contributed by atoms with Crippen molar-refractivity contribution < 1.29 is 34.2 Å². The number of carboxylic acids is 2. The Bertz CT molecular complexity index is 701. The van der Waals surface area contributed by atoms with Gasteiger partial charge in [-0.3, -0.25) is 29.0 Å². The molecule has 11 N–H and O–H groups in total. The van der Waals surface area contributed by atoms with Crippen molar-refractivity contribution in [3.05, 3.63) is 0 Å². The summed E-state index contributed by atoms with van der Waals surface area (Å²) in [6.07, 6.45) is 1.73. The summed E-state index contributed by atoms with van der Waals surface area (Å²) in [5, 5.41) is 24.6. The zero-order chi connectivity index (χ0) is 24.7. The number of thioether (sulfide) groups is 1. The van der Waals surface area contributed by atoms with Crippen molar-refractivity contribution in [2.45, 2.75) is 43.8 Å². The molecule has 0 rings (SSSR count). The van der Waals surface area contributed by atoms with Crippen molar-refractivity contribution in [1.29, 1.82) is 0 Å². The quantitative estimate of drug-likeness (QED) is 0.0622. The zero-order valence-corrected chi connectivity index (χ0v) is 18.5. The van der Waals surface area contributed by atoms with Gasteiger partial charge >= 0.3 is 11.9 Å². The van der Waals surface area contributed by atoms with E-state index in [1.54, 1.807) is 6.26 Å². The maximum Gasteiger partial charge on any atom is 0.322 e. The molecule has 0 spiro atoms.